The van der Waals surface area contributed by atoms with Gasteiger partial charge in [-0.05, 0) is 26.3 Å². The highest BCUT2D eigenvalue weighted by atomic mass is 32.1. The summed E-state index contributed by atoms with van der Waals surface area (Å²) in [6, 6.07) is 0.963. The van der Waals surface area contributed by atoms with Gasteiger partial charge in [-0.15, -0.1) is 11.3 Å². The Hall–Kier alpha value is -1.98. The summed E-state index contributed by atoms with van der Waals surface area (Å²) in [4.78, 5) is 16.0. The molecule has 1 saturated carbocycles. The van der Waals surface area contributed by atoms with Crippen LogP contribution in [-0.4, -0.2) is 56.0 Å². The van der Waals surface area contributed by atoms with Crippen LogP contribution in [0.4, 0.5) is 13.2 Å². The third kappa shape index (κ3) is 6.57. The molecule has 3 rings (SSSR count). The summed E-state index contributed by atoms with van der Waals surface area (Å²) in [5.74, 6) is -2.76. The summed E-state index contributed by atoms with van der Waals surface area (Å²) in [7, 11) is 4.11. The van der Waals surface area contributed by atoms with E-state index in [9.17, 15) is 13.2 Å². The van der Waals surface area contributed by atoms with Gasteiger partial charge in [-0.1, -0.05) is 6.42 Å². The monoisotopic (exact) mass is 419 g/mol. The van der Waals surface area contributed by atoms with Crippen molar-refractivity contribution in [1.29, 1.82) is 0 Å². The molecule has 0 radical (unpaired) electrons. The van der Waals surface area contributed by atoms with Crippen LogP contribution >= 0.6 is 11.3 Å². The molecule has 2 aromatic heterocycles. The number of aryl methyl sites for hydroxylation is 1. The molecule has 11 heteroatoms. The first-order chi connectivity index (χ1) is 13.1. The molecule has 2 unspecified atom stereocenters. The second-order valence-electron chi connectivity index (χ2n) is 6.85. The van der Waals surface area contributed by atoms with Gasteiger partial charge in [-0.2, -0.15) is 18.3 Å². The van der Waals surface area contributed by atoms with E-state index in [2.05, 4.69) is 22.4 Å². The fourth-order valence-corrected chi connectivity index (χ4v) is 3.82. The number of aliphatic carboxylic acids is 1. The van der Waals surface area contributed by atoms with E-state index in [0.29, 0.717) is 12.1 Å². The number of rotatable bonds is 4. The summed E-state index contributed by atoms with van der Waals surface area (Å²) in [5, 5.41) is 14.5. The lowest BCUT2D eigenvalue weighted by Crippen LogP contribution is -2.40. The number of nitrogens with zero attached hydrogens (tertiary/aromatic N) is 4. The summed E-state index contributed by atoms with van der Waals surface area (Å²) in [6.07, 6.45) is 3.57. The SMILES string of the molecule is CN(Cc1csc(-c2cnn(C)c2)n1)C1CCCC(N)C1.O=C(O)C(F)(F)F. The lowest BCUT2D eigenvalue weighted by molar-refractivity contribution is -0.192. The Morgan fingerprint density at radius 2 is 2.14 bits per heavy atom. The Bertz CT molecular complexity index is 777. The Labute approximate surface area is 165 Å². The fraction of sp³-hybridized carbons (Fsp3) is 0.588. The third-order valence-corrected chi connectivity index (χ3v) is 5.41. The first-order valence-corrected chi connectivity index (χ1v) is 9.63. The maximum atomic E-state index is 10.6. The van der Waals surface area contributed by atoms with Crippen molar-refractivity contribution in [3.05, 3.63) is 23.5 Å². The summed E-state index contributed by atoms with van der Waals surface area (Å²) in [6.45, 7) is 0.897. The average molecular weight is 419 g/mol. The van der Waals surface area contributed by atoms with Gasteiger partial charge in [0.25, 0.3) is 0 Å². The van der Waals surface area contributed by atoms with Gasteiger partial charge in [0.15, 0.2) is 0 Å². The van der Waals surface area contributed by atoms with Crippen LogP contribution in [0.15, 0.2) is 17.8 Å². The standard InChI is InChI=1S/C15H23N5S.C2HF3O2/c1-19(14-5-3-4-12(16)6-14)9-13-10-21-15(18-13)11-7-17-20(2)8-11;3-2(4,5)1(6)7/h7-8,10,12,14H,3-6,9,16H2,1-2H3;(H,6,7). The van der Waals surface area contributed by atoms with E-state index in [-0.39, 0.29) is 0 Å². The average Bonchev–Trinajstić information content (AvgIpc) is 3.23. The van der Waals surface area contributed by atoms with Gasteiger partial charge in [0.2, 0.25) is 0 Å². The quantitative estimate of drug-likeness (QED) is 0.791. The number of halogens is 3. The molecular formula is C17H24F3N5O2S. The molecule has 0 bridgehead atoms. The van der Waals surface area contributed by atoms with Crippen LogP contribution in [0.5, 0.6) is 0 Å². The Morgan fingerprint density at radius 1 is 1.46 bits per heavy atom. The fourth-order valence-electron chi connectivity index (χ4n) is 3.03. The van der Waals surface area contributed by atoms with Crippen LogP contribution in [0, 0.1) is 0 Å². The number of carboxylic acid groups (broad SMARTS) is 1. The minimum absolute atomic E-state index is 0.368. The minimum Gasteiger partial charge on any atom is -0.475 e. The molecule has 2 heterocycles. The summed E-state index contributed by atoms with van der Waals surface area (Å²) in [5.41, 5.74) is 8.32. The maximum absolute atomic E-state index is 10.6. The van der Waals surface area contributed by atoms with E-state index in [1.54, 1.807) is 11.3 Å². The zero-order valence-corrected chi connectivity index (χ0v) is 16.5. The number of carboxylic acids is 1. The highest BCUT2D eigenvalue weighted by Gasteiger charge is 2.38. The molecule has 1 aliphatic rings. The van der Waals surface area contributed by atoms with Crippen LogP contribution in [0.25, 0.3) is 10.6 Å². The lowest BCUT2D eigenvalue weighted by atomic mass is 9.91. The molecular weight excluding hydrogens is 395 g/mol. The van der Waals surface area contributed by atoms with Gasteiger partial charge < -0.3 is 10.8 Å². The van der Waals surface area contributed by atoms with Gasteiger partial charge in [0.05, 0.1) is 11.9 Å². The van der Waals surface area contributed by atoms with Gasteiger partial charge in [-0.25, -0.2) is 9.78 Å². The van der Waals surface area contributed by atoms with Gasteiger partial charge in [0, 0.05) is 42.8 Å². The zero-order valence-electron chi connectivity index (χ0n) is 15.7. The number of hydrogen-bond donors (Lipinski definition) is 2. The molecule has 3 N–H and O–H groups in total. The number of hydrogen-bond acceptors (Lipinski definition) is 6. The largest absolute Gasteiger partial charge is 0.490 e. The van der Waals surface area contributed by atoms with Crippen molar-refractivity contribution in [1.82, 2.24) is 19.7 Å². The van der Waals surface area contributed by atoms with Crippen molar-refractivity contribution in [3.8, 4) is 10.6 Å². The molecule has 2 atom stereocenters. The topological polar surface area (TPSA) is 97.3 Å². The molecule has 0 spiro atoms. The highest BCUT2D eigenvalue weighted by Crippen LogP contribution is 2.26. The second kappa shape index (κ2) is 9.48. The predicted molar refractivity (Wildman–Crippen MR) is 99.7 cm³/mol. The van der Waals surface area contributed by atoms with E-state index >= 15 is 0 Å². The predicted octanol–water partition coefficient (Wildman–Crippen LogP) is 2.88. The normalized spacial score (nSPS) is 20.0. The molecule has 0 amide bonds. The van der Waals surface area contributed by atoms with Gasteiger partial charge in [-0.3, -0.25) is 9.58 Å². The molecule has 2 aromatic rings. The molecule has 0 aliphatic heterocycles. The Morgan fingerprint density at radius 3 is 2.68 bits per heavy atom. The van der Waals surface area contributed by atoms with Crippen molar-refractivity contribution in [2.45, 2.75) is 50.5 Å². The Balaban J connectivity index is 0.000000345. The Kier molecular flexibility index (Phi) is 7.55. The van der Waals surface area contributed by atoms with Gasteiger partial charge >= 0.3 is 12.1 Å². The maximum Gasteiger partial charge on any atom is 0.490 e. The number of carbonyl (C=O) groups is 1. The first-order valence-electron chi connectivity index (χ1n) is 8.75. The number of nitrogens with two attached hydrogens (primary N) is 1. The lowest BCUT2D eigenvalue weighted by Gasteiger charge is -2.33. The van der Waals surface area contributed by atoms with E-state index < -0.39 is 12.1 Å². The first kappa shape index (κ1) is 22.3. The second-order valence-corrected chi connectivity index (χ2v) is 7.70. The molecule has 0 aromatic carbocycles. The van der Waals surface area contributed by atoms with Crippen molar-refractivity contribution in [2.75, 3.05) is 7.05 Å². The molecule has 1 aliphatic carbocycles. The number of aromatic nitrogens is 3. The smallest absolute Gasteiger partial charge is 0.475 e. The zero-order chi connectivity index (χ0) is 20.9. The molecule has 1 fully saturated rings. The van der Waals surface area contributed by atoms with Crippen LogP contribution in [-0.2, 0) is 18.4 Å². The highest BCUT2D eigenvalue weighted by molar-refractivity contribution is 7.13. The van der Waals surface area contributed by atoms with Crippen molar-refractivity contribution in [3.63, 3.8) is 0 Å². The van der Waals surface area contributed by atoms with Crippen LogP contribution in [0.2, 0.25) is 0 Å². The molecule has 156 valence electrons. The van der Waals surface area contributed by atoms with E-state index in [1.165, 1.54) is 19.3 Å². The van der Waals surface area contributed by atoms with E-state index in [1.807, 2.05) is 24.1 Å². The van der Waals surface area contributed by atoms with Crippen LogP contribution in [0.3, 0.4) is 0 Å². The van der Waals surface area contributed by atoms with Crippen LogP contribution < -0.4 is 5.73 Å². The van der Waals surface area contributed by atoms with Crippen molar-refractivity contribution < 1.29 is 23.1 Å². The number of alkyl halides is 3. The summed E-state index contributed by atoms with van der Waals surface area (Å²) < 4.78 is 33.5. The third-order valence-electron chi connectivity index (χ3n) is 4.47. The molecule has 28 heavy (non-hydrogen) atoms. The van der Waals surface area contributed by atoms with Gasteiger partial charge in [0.1, 0.15) is 5.01 Å². The number of thiazole rings is 1. The summed E-state index contributed by atoms with van der Waals surface area (Å²) >= 11 is 1.69. The van der Waals surface area contributed by atoms with E-state index in [4.69, 9.17) is 20.6 Å². The van der Waals surface area contributed by atoms with Crippen molar-refractivity contribution >= 4 is 17.3 Å². The molecule has 0 saturated heterocycles. The molecule has 7 nitrogen and oxygen atoms in total. The minimum atomic E-state index is -5.08. The van der Waals surface area contributed by atoms with Crippen LogP contribution in [0.1, 0.15) is 31.4 Å². The van der Waals surface area contributed by atoms with E-state index in [0.717, 1.165) is 29.2 Å². The van der Waals surface area contributed by atoms with Crippen molar-refractivity contribution in [2.24, 2.45) is 12.8 Å².